The van der Waals surface area contributed by atoms with Crippen molar-refractivity contribution >= 4 is 14.2 Å². The molecule has 0 aliphatic rings. The highest BCUT2D eigenvalue weighted by atomic mass is 31.1. The van der Waals surface area contributed by atoms with Crippen LogP contribution in [0.15, 0.2) is 0 Å². The van der Waals surface area contributed by atoms with E-state index in [2.05, 4.69) is 9.84 Å². The van der Waals surface area contributed by atoms with Gasteiger partial charge in [-0.15, -0.1) is 0 Å². The van der Waals surface area contributed by atoms with Crippen molar-refractivity contribution in [2.45, 2.75) is 44.6 Å². The maximum absolute atomic E-state index is 10.9. The average molecular weight is 285 g/mol. The molecule has 0 rings (SSSR count). The molecule has 0 fully saturated rings. The van der Waals surface area contributed by atoms with Crippen LogP contribution in [0.2, 0.25) is 0 Å². The summed E-state index contributed by atoms with van der Waals surface area (Å²) in [6, 6.07) is -0.755. The Kier molecular flexibility index (Phi) is 8.34. The first-order valence-corrected chi connectivity index (χ1v) is 6.73. The number of nitrogens with one attached hydrogen (secondary N) is 1. The van der Waals surface area contributed by atoms with Gasteiger partial charge in [-0.2, -0.15) is 0 Å². The van der Waals surface area contributed by atoms with E-state index in [1.165, 1.54) is 6.92 Å². The van der Waals surface area contributed by atoms with E-state index < -0.39 is 45.1 Å². The number of carbonyl (C=O) groups is 1. The molecule has 18 heavy (non-hydrogen) atoms. The zero-order valence-electron chi connectivity index (χ0n) is 10.2. The lowest BCUT2D eigenvalue weighted by Gasteiger charge is -2.31. The minimum Gasteiger partial charge on any atom is -0.394 e. The minimum atomic E-state index is -3.40. The normalized spacial score (nSPS) is 19.7. The third-order valence-corrected chi connectivity index (χ3v) is 2.85. The lowest BCUT2D eigenvalue weighted by Crippen LogP contribution is -2.52. The fraction of sp³-hybridized carbons (Fsp3) is 0.889. The molecule has 108 valence electrons. The fourth-order valence-electron chi connectivity index (χ4n) is 1.52. The predicted molar refractivity (Wildman–Crippen MR) is 63.1 cm³/mol. The molecule has 5 atom stereocenters. The molecule has 0 aromatic carbocycles. The molecule has 8 nitrogen and oxygen atoms in total. The average Bonchev–Trinajstić information content (AvgIpc) is 2.30. The van der Waals surface area contributed by atoms with Crippen LogP contribution >= 0.6 is 8.25 Å². The predicted octanol–water partition coefficient (Wildman–Crippen LogP) is -1.62. The van der Waals surface area contributed by atoms with Crippen LogP contribution in [0.4, 0.5) is 0 Å². The first kappa shape index (κ1) is 17.5. The number of aliphatic hydroxyl groups excluding tert-OH is 3. The Bertz CT molecular complexity index is 288. The highest BCUT2D eigenvalue weighted by Crippen LogP contribution is 2.24. The third-order valence-electron chi connectivity index (χ3n) is 2.38. The highest BCUT2D eigenvalue weighted by Gasteiger charge is 2.34. The molecule has 1 amide bonds. The molecule has 9 heteroatoms. The second-order valence-corrected chi connectivity index (χ2v) is 4.57. The van der Waals surface area contributed by atoms with Crippen LogP contribution in [0.5, 0.6) is 0 Å². The number of aliphatic hydroxyl groups is 3. The van der Waals surface area contributed by atoms with E-state index in [0.29, 0.717) is 6.42 Å². The fourth-order valence-corrected chi connectivity index (χ4v) is 2.04. The largest absolute Gasteiger partial charge is 0.394 e. The number of hydrogen-bond donors (Lipinski definition) is 5. The summed E-state index contributed by atoms with van der Waals surface area (Å²) < 4.78 is 15.2. The molecular formula is C9H20NO7P. The number of amides is 1. The van der Waals surface area contributed by atoms with Crippen molar-refractivity contribution in [3.8, 4) is 0 Å². The maximum Gasteiger partial charge on any atom is 0.317 e. The Labute approximate surface area is 106 Å². The monoisotopic (exact) mass is 285 g/mol. The van der Waals surface area contributed by atoms with Crippen LogP contribution in [0.25, 0.3) is 0 Å². The van der Waals surface area contributed by atoms with Gasteiger partial charge in [-0.05, 0) is 6.42 Å². The summed E-state index contributed by atoms with van der Waals surface area (Å²) in [5.74, 6) is -0.394. The molecule has 0 bridgehead atoms. The molecule has 0 heterocycles. The molecule has 0 spiro atoms. The number of carbonyl (C=O) groups excluding carboxylic acids is 1. The van der Waals surface area contributed by atoms with Gasteiger partial charge >= 0.3 is 8.25 Å². The zero-order valence-corrected chi connectivity index (χ0v) is 11.2. The molecule has 0 radical (unpaired) electrons. The molecule has 0 aromatic heterocycles. The molecule has 0 aliphatic carbocycles. The van der Waals surface area contributed by atoms with Gasteiger partial charge in [0.15, 0.2) is 0 Å². The molecule has 0 saturated heterocycles. The van der Waals surface area contributed by atoms with Crippen LogP contribution in [-0.2, 0) is 13.9 Å². The van der Waals surface area contributed by atoms with E-state index in [-0.39, 0.29) is 0 Å². The van der Waals surface area contributed by atoms with Crippen molar-refractivity contribution < 1.29 is 34.1 Å². The topological polar surface area (TPSA) is 136 Å². The molecular weight excluding hydrogens is 265 g/mol. The Morgan fingerprint density at radius 3 is 2.33 bits per heavy atom. The van der Waals surface area contributed by atoms with Gasteiger partial charge in [0.1, 0.15) is 18.3 Å². The van der Waals surface area contributed by atoms with Gasteiger partial charge in [-0.1, -0.05) is 6.92 Å². The van der Waals surface area contributed by atoms with Gasteiger partial charge < -0.3 is 30.1 Å². The second kappa shape index (κ2) is 8.58. The highest BCUT2D eigenvalue weighted by molar-refractivity contribution is 7.32. The SMILES string of the molecule is CCC(NC(C)=O)C(O)[C@H](O[PH](=O)O)C(O)CO. The van der Waals surface area contributed by atoms with Crippen LogP contribution in [-0.4, -0.2) is 57.1 Å². The Morgan fingerprint density at radius 1 is 1.44 bits per heavy atom. The summed E-state index contributed by atoms with van der Waals surface area (Å²) in [4.78, 5) is 19.6. The van der Waals surface area contributed by atoms with Crippen LogP contribution in [0, 0.1) is 0 Å². The standard InChI is InChI=1S/C9H20NO7P/c1-3-6(10-5(2)12)8(14)9(7(13)4-11)17-18(15)16/h6-9,11,13-14,18H,3-4H2,1-2H3,(H,10,12)(H,15,16)/t6?,7?,8?,9-/m1/s1. The van der Waals surface area contributed by atoms with E-state index in [4.69, 9.17) is 10.00 Å². The van der Waals surface area contributed by atoms with Crippen molar-refractivity contribution in [1.82, 2.24) is 5.32 Å². The molecule has 5 N–H and O–H groups in total. The lowest BCUT2D eigenvalue weighted by atomic mass is 9.99. The van der Waals surface area contributed by atoms with E-state index in [1.54, 1.807) is 6.92 Å². The van der Waals surface area contributed by atoms with Gasteiger partial charge in [0.05, 0.1) is 12.6 Å². The molecule has 0 aromatic rings. The molecule has 0 aliphatic heterocycles. The van der Waals surface area contributed by atoms with Crippen molar-refractivity contribution in [1.29, 1.82) is 0 Å². The van der Waals surface area contributed by atoms with Crippen LogP contribution in [0.1, 0.15) is 20.3 Å². The van der Waals surface area contributed by atoms with Crippen LogP contribution < -0.4 is 5.32 Å². The Hall–Kier alpha value is -0.500. The van der Waals surface area contributed by atoms with Gasteiger partial charge in [0.2, 0.25) is 5.91 Å². The van der Waals surface area contributed by atoms with E-state index >= 15 is 0 Å². The summed E-state index contributed by atoms with van der Waals surface area (Å²) >= 11 is 0. The summed E-state index contributed by atoms with van der Waals surface area (Å²) in [6.07, 6.45) is -4.07. The van der Waals surface area contributed by atoms with Crippen molar-refractivity contribution in [3.63, 3.8) is 0 Å². The third kappa shape index (κ3) is 5.90. The van der Waals surface area contributed by atoms with Crippen molar-refractivity contribution in [2.75, 3.05) is 6.61 Å². The lowest BCUT2D eigenvalue weighted by molar-refractivity contribution is -0.122. The Morgan fingerprint density at radius 2 is 2.00 bits per heavy atom. The quantitative estimate of drug-likeness (QED) is 0.338. The van der Waals surface area contributed by atoms with E-state index in [9.17, 15) is 19.6 Å². The smallest absolute Gasteiger partial charge is 0.317 e. The van der Waals surface area contributed by atoms with Gasteiger partial charge in [0, 0.05) is 6.92 Å². The zero-order chi connectivity index (χ0) is 14.3. The first-order chi connectivity index (χ1) is 8.33. The van der Waals surface area contributed by atoms with Crippen LogP contribution in [0.3, 0.4) is 0 Å². The first-order valence-electron chi connectivity index (χ1n) is 5.47. The minimum absolute atomic E-state index is 0.325. The second-order valence-electron chi connectivity index (χ2n) is 3.80. The van der Waals surface area contributed by atoms with Gasteiger partial charge in [-0.3, -0.25) is 9.36 Å². The van der Waals surface area contributed by atoms with Gasteiger partial charge in [0.25, 0.3) is 0 Å². The summed E-state index contributed by atoms with van der Waals surface area (Å²) in [5, 5.41) is 30.6. The number of rotatable bonds is 8. The summed E-state index contributed by atoms with van der Waals surface area (Å²) in [7, 11) is -3.40. The number of hydrogen-bond acceptors (Lipinski definition) is 6. The molecule has 0 saturated carbocycles. The van der Waals surface area contributed by atoms with Crippen molar-refractivity contribution in [3.05, 3.63) is 0 Å². The summed E-state index contributed by atoms with van der Waals surface area (Å²) in [5.41, 5.74) is 0. The molecule has 4 unspecified atom stereocenters. The van der Waals surface area contributed by atoms with E-state index in [1.807, 2.05) is 0 Å². The van der Waals surface area contributed by atoms with E-state index in [0.717, 1.165) is 0 Å². The van der Waals surface area contributed by atoms with Crippen molar-refractivity contribution in [2.24, 2.45) is 0 Å². The summed E-state index contributed by atoms with van der Waals surface area (Å²) in [6.45, 7) is 2.18. The Balaban J connectivity index is 4.83. The van der Waals surface area contributed by atoms with Gasteiger partial charge in [-0.25, -0.2) is 0 Å². The maximum atomic E-state index is 10.9.